The van der Waals surface area contributed by atoms with Crippen LogP contribution in [-0.4, -0.2) is 35.4 Å². The Balaban J connectivity index is 1.42. The van der Waals surface area contributed by atoms with Crippen LogP contribution in [0.15, 0.2) is 72.9 Å². The van der Waals surface area contributed by atoms with Gasteiger partial charge in [-0.1, -0.05) is 18.2 Å². The fraction of sp³-hybridized carbons (Fsp3) is 0.217. The second-order valence-corrected chi connectivity index (χ2v) is 6.96. The molecule has 10 heteroatoms. The Morgan fingerprint density at radius 2 is 1.76 bits per heavy atom. The SMILES string of the molecule is O=C(NCC(O)COc1cccc(C(F)(F)F)c1)Nc1cccc(OCc2ccccn2)c1. The predicted molar refractivity (Wildman–Crippen MR) is 115 cm³/mol. The summed E-state index contributed by atoms with van der Waals surface area (Å²) in [6.07, 6.45) is -3.95. The molecule has 3 rings (SSSR count). The molecule has 174 valence electrons. The molecule has 7 nitrogen and oxygen atoms in total. The molecule has 0 fully saturated rings. The Kier molecular flexibility index (Phi) is 8.09. The average Bonchev–Trinajstić information content (AvgIpc) is 2.81. The lowest BCUT2D eigenvalue weighted by atomic mass is 10.2. The lowest BCUT2D eigenvalue weighted by molar-refractivity contribution is -0.137. The molecule has 1 unspecified atom stereocenters. The molecule has 2 aromatic carbocycles. The molecule has 3 N–H and O–H groups in total. The van der Waals surface area contributed by atoms with Gasteiger partial charge in [0.1, 0.15) is 30.8 Å². The fourth-order valence-corrected chi connectivity index (χ4v) is 2.70. The molecule has 0 saturated carbocycles. The van der Waals surface area contributed by atoms with Gasteiger partial charge in [0, 0.05) is 24.5 Å². The van der Waals surface area contributed by atoms with Crippen LogP contribution in [0.3, 0.4) is 0 Å². The summed E-state index contributed by atoms with van der Waals surface area (Å²) in [5.41, 5.74) is 0.383. The summed E-state index contributed by atoms with van der Waals surface area (Å²) in [5, 5.41) is 15.0. The zero-order valence-corrected chi connectivity index (χ0v) is 17.4. The van der Waals surface area contributed by atoms with Crippen molar-refractivity contribution in [3.05, 3.63) is 84.2 Å². The van der Waals surface area contributed by atoms with Gasteiger partial charge in [-0.15, -0.1) is 0 Å². The van der Waals surface area contributed by atoms with Crippen molar-refractivity contribution in [3.63, 3.8) is 0 Å². The number of aromatic nitrogens is 1. The quantitative estimate of drug-likeness (QED) is 0.443. The third-order valence-electron chi connectivity index (χ3n) is 4.31. The number of halogens is 3. The van der Waals surface area contributed by atoms with Crippen molar-refractivity contribution < 1.29 is 32.5 Å². The molecule has 0 aliphatic heterocycles. The van der Waals surface area contributed by atoms with E-state index in [1.165, 1.54) is 12.1 Å². The Hall–Kier alpha value is -3.79. The topological polar surface area (TPSA) is 92.7 Å². The van der Waals surface area contributed by atoms with Crippen LogP contribution in [-0.2, 0) is 12.8 Å². The van der Waals surface area contributed by atoms with E-state index in [1.807, 2.05) is 12.1 Å². The summed E-state index contributed by atoms with van der Waals surface area (Å²) in [5.74, 6) is 0.504. The Labute approximate surface area is 188 Å². The average molecular weight is 461 g/mol. The molecule has 0 aliphatic rings. The molecular weight excluding hydrogens is 439 g/mol. The molecule has 33 heavy (non-hydrogen) atoms. The van der Waals surface area contributed by atoms with Crippen LogP contribution in [0, 0.1) is 0 Å². The number of amides is 2. The summed E-state index contributed by atoms with van der Waals surface area (Å²) >= 11 is 0. The first-order valence-electron chi connectivity index (χ1n) is 9.95. The molecule has 0 aliphatic carbocycles. The number of nitrogens with one attached hydrogen (secondary N) is 2. The van der Waals surface area contributed by atoms with Crippen molar-refractivity contribution in [2.45, 2.75) is 18.9 Å². The summed E-state index contributed by atoms with van der Waals surface area (Å²) in [6, 6.07) is 16.0. The number of carbonyl (C=O) groups is 1. The number of aliphatic hydroxyl groups excluding tert-OH is 1. The molecule has 0 bridgehead atoms. The van der Waals surface area contributed by atoms with Crippen molar-refractivity contribution in [2.24, 2.45) is 0 Å². The van der Waals surface area contributed by atoms with Crippen molar-refractivity contribution >= 4 is 11.7 Å². The van der Waals surface area contributed by atoms with E-state index in [9.17, 15) is 23.1 Å². The normalized spacial score (nSPS) is 12.0. The third kappa shape index (κ3) is 8.00. The van der Waals surface area contributed by atoms with E-state index in [2.05, 4.69) is 15.6 Å². The number of hydrogen-bond acceptors (Lipinski definition) is 5. The number of rotatable bonds is 9. The molecule has 0 saturated heterocycles. The maximum absolute atomic E-state index is 12.7. The fourth-order valence-electron chi connectivity index (χ4n) is 2.70. The monoisotopic (exact) mass is 461 g/mol. The van der Waals surface area contributed by atoms with Gasteiger partial charge in [-0.25, -0.2) is 4.79 Å². The Morgan fingerprint density at radius 3 is 2.48 bits per heavy atom. The zero-order valence-electron chi connectivity index (χ0n) is 17.4. The van der Waals surface area contributed by atoms with E-state index in [0.717, 1.165) is 17.8 Å². The summed E-state index contributed by atoms with van der Waals surface area (Å²) in [7, 11) is 0. The molecule has 1 heterocycles. The smallest absolute Gasteiger partial charge is 0.416 e. The summed E-state index contributed by atoms with van der Waals surface area (Å²) < 4.78 is 49.0. The van der Waals surface area contributed by atoms with E-state index in [-0.39, 0.29) is 25.5 Å². The largest absolute Gasteiger partial charge is 0.491 e. The number of ether oxygens (including phenoxy) is 2. The van der Waals surface area contributed by atoms with Gasteiger partial charge in [0.2, 0.25) is 0 Å². The van der Waals surface area contributed by atoms with Gasteiger partial charge in [-0.3, -0.25) is 4.98 Å². The van der Waals surface area contributed by atoms with Crippen LogP contribution in [0.25, 0.3) is 0 Å². The molecule has 0 radical (unpaired) electrons. The number of hydrogen-bond donors (Lipinski definition) is 3. The number of carbonyl (C=O) groups excluding carboxylic acids is 1. The van der Waals surface area contributed by atoms with Crippen LogP contribution in [0.5, 0.6) is 11.5 Å². The van der Waals surface area contributed by atoms with Crippen LogP contribution in [0.1, 0.15) is 11.3 Å². The van der Waals surface area contributed by atoms with Gasteiger partial charge in [0.05, 0.1) is 11.3 Å². The Bertz CT molecular complexity index is 1050. The number of anilines is 1. The highest BCUT2D eigenvalue weighted by Crippen LogP contribution is 2.31. The second kappa shape index (κ2) is 11.2. The molecule has 2 amide bonds. The minimum Gasteiger partial charge on any atom is -0.491 e. The van der Waals surface area contributed by atoms with E-state index < -0.39 is 23.9 Å². The number of nitrogens with zero attached hydrogens (tertiary/aromatic N) is 1. The highest BCUT2D eigenvalue weighted by atomic mass is 19.4. The van der Waals surface area contributed by atoms with Crippen molar-refractivity contribution in [1.82, 2.24) is 10.3 Å². The number of urea groups is 1. The van der Waals surface area contributed by atoms with E-state index in [4.69, 9.17) is 9.47 Å². The zero-order chi connectivity index (χ0) is 23.7. The van der Waals surface area contributed by atoms with Crippen LogP contribution in [0.4, 0.5) is 23.7 Å². The van der Waals surface area contributed by atoms with Gasteiger partial charge >= 0.3 is 12.2 Å². The van der Waals surface area contributed by atoms with Crippen LogP contribution >= 0.6 is 0 Å². The van der Waals surface area contributed by atoms with Crippen molar-refractivity contribution in [2.75, 3.05) is 18.5 Å². The van der Waals surface area contributed by atoms with Gasteiger partial charge in [0.25, 0.3) is 0 Å². The lowest BCUT2D eigenvalue weighted by Crippen LogP contribution is -2.37. The van der Waals surface area contributed by atoms with E-state index in [1.54, 1.807) is 36.5 Å². The molecular formula is C23H22F3N3O4. The van der Waals surface area contributed by atoms with Gasteiger partial charge in [-0.2, -0.15) is 13.2 Å². The molecule has 0 spiro atoms. The first-order valence-corrected chi connectivity index (χ1v) is 9.95. The van der Waals surface area contributed by atoms with Crippen LogP contribution in [0.2, 0.25) is 0 Å². The Morgan fingerprint density at radius 1 is 1.00 bits per heavy atom. The van der Waals surface area contributed by atoms with Crippen LogP contribution < -0.4 is 20.1 Å². The standard InChI is InChI=1S/C23H22F3N3O4/c24-23(25,26)16-5-3-8-20(11-16)33-15-19(30)13-28-22(31)29-17-7-4-9-21(12-17)32-14-18-6-1-2-10-27-18/h1-12,19,30H,13-15H2,(H2,28,29,31). The van der Waals surface area contributed by atoms with Crippen molar-refractivity contribution in [3.8, 4) is 11.5 Å². The predicted octanol–water partition coefficient (Wildman–Crippen LogP) is 4.24. The van der Waals surface area contributed by atoms with E-state index in [0.29, 0.717) is 11.4 Å². The van der Waals surface area contributed by atoms with Crippen molar-refractivity contribution in [1.29, 1.82) is 0 Å². The van der Waals surface area contributed by atoms with Gasteiger partial charge in [0.15, 0.2) is 0 Å². The van der Waals surface area contributed by atoms with E-state index >= 15 is 0 Å². The summed E-state index contributed by atoms with van der Waals surface area (Å²) in [4.78, 5) is 16.3. The first kappa shape index (κ1) is 23.9. The number of alkyl halides is 3. The molecule has 1 atom stereocenters. The third-order valence-corrected chi connectivity index (χ3v) is 4.31. The summed E-state index contributed by atoms with van der Waals surface area (Å²) in [6.45, 7) is -0.187. The minimum atomic E-state index is -4.49. The van der Waals surface area contributed by atoms with Gasteiger partial charge < -0.3 is 25.2 Å². The highest BCUT2D eigenvalue weighted by Gasteiger charge is 2.30. The molecule has 3 aromatic rings. The number of pyridine rings is 1. The maximum Gasteiger partial charge on any atom is 0.416 e. The number of aliphatic hydroxyl groups is 1. The highest BCUT2D eigenvalue weighted by molar-refractivity contribution is 5.89. The number of benzene rings is 2. The maximum atomic E-state index is 12.7. The lowest BCUT2D eigenvalue weighted by Gasteiger charge is -2.15. The minimum absolute atomic E-state index is 0.0316. The first-order chi connectivity index (χ1) is 15.8. The van der Waals surface area contributed by atoms with Gasteiger partial charge in [-0.05, 0) is 42.5 Å². The second-order valence-electron chi connectivity index (χ2n) is 6.96. The molecule has 1 aromatic heterocycles.